The highest BCUT2D eigenvalue weighted by molar-refractivity contribution is 5.54. The van der Waals surface area contributed by atoms with Crippen molar-refractivity contribution in [3.05, 3.63) is 11.9 Å². The van der Waals surface area contributed by atoms with Crippen LogP contribution in [0.25, 0.3) is 0 Å². The van der Waals surface area contributed by atoms with Gasteiger partial charge in [-0.2, -0.15) is 0 Å². The molecule has 3 N–H and O–H groups in total. The van der Waals surface area contributed by atoms with E-state index in [1.54, 1.807) is 6.33 Å². The van der Waals surface area contributed by atoms with Crippen molar-refractivity contribution in [1.82, 2.24) is 9.97 Å². The molecule has 100 valence electrons. The van der Waals surface area contributed by atoms with Gasteiger partial charge in [-0.1, -0.05) is 26.7 Å². The van der Waals surface area contributed by atoms with E-state index in [1.165, 1.54) is 25.7 Å². The molecule has 0 amide bonds. The van der Waals surface area contributed by atoms with Crippen molar-refractivity contribution < 1.29 is 0 Å². The Bertz CT molecular complexity index is 383. The number of aromatic nitrogens is 2. The minimum Gasteiger partial charge on any atom is -0.383 e. The van der Waals surface area contributed by atoms with Crippen molar-refractivity contribution in [2.45, 2.75) is 46.0 Å². The molecule has 1 aromatic heterocycles. The summed E-state index contributed by atoms with van der Waals surface area (Å²) in [7, 11) is 0. The van der Waals surface area contributed by atoms with E-state index in [4.69, 9.17) is 5.73 Å². The fourth-order valence-electron chi connectivity index (χ4n) is 2.70. The van der Waals surface area contributed by atoms with Crippen molar-refractivity contribution in [3.8, 4) is 0 Å². The van der Waals surface area contributed by atoms with E-state index in [2.05, 4.69) is 29.1 Å². The van der Waals surface area contributed by atoms with Gasteiger partial charge in [-0.05, 0) is 31.1 Å². The third kappa shape index (κ3) is 3.12. The van der Waals surface area contributed by atoms with Gasteiger partial charge in [0.25, 0.3) is 0 Å². The van der Waals surface area contributed by atoms with Crippen molar-refractivity contribution in [2.24, 2.45) is 11.8 Å². The average Bonchev–Trinajstić information content (AvgIpc) is 2.38. The van der Waals surface area contributed by atoms with Crippen LogP contribution in [-0.4, -0.2) is 16.5 Å². The summed E-state index contributed by atoms with van der Waals surface area (Å²) < 4.78 is 0. The topological polar surface area (TPSA) is 63.8 Å². The molecule has 1 aliphatic rings. The van der Waals surface area contributed by atoms with Crippen LogP contribution in [0.15, 0.2) is 6.33 Å². The average molecular weight is 248 g/mol. The van der Waals surface area contributed by atoms with Gasteiger partial charge in [0, 0.05) is 12.1 Å². The molecule has 4 nitrogen and oxygen atoms in total. The van der Waals surface area contributed by atoms with E-state index in [0.29, 0.717) is 5.82 Å². The van der Waals surface area contributed by atoms with Gasteiger partial charge in [-0.15, -0.1) is 0 Å². The number of rotatable bonds is 4. The normalized spacial score (nSPS) is 23.9. The van der Waals surface area contributed by atoms with Gasteiger partial charge in [0.15, 0.2) is 0 Å². The van der Waals surface area contributed by atoms with Crippen LogP contribution in [-0.2, 0) is 6.42 Å². The summed E-state index contributed by atoms with van der Waals surface area (Å²) in [6, 6.07) is 0. The summed E-state index contributed by atoms with van der Waals surface area (Å²) in [5, 5.41) is 3.46. The molecule has 0 spiro atoms. The molecule has 18 heavy (non-hydrogen) atoms. The van der Waals surface area contributed by atoms with E-state index >= 15 is 0 Å². The lowest BCUT2D eigenvalue weighted by molar-refractivity contribution is 0.300. The maximum Gasteiger partial charge on any atom is 0.134 e. The van der Waals surface area contributed by atoms with E-state index in [-0.39, 0.29) is 0 Å². The van der Waals surface area contributed by atoms with Crippen LogP contribution in [0.1, 0.15) is 45.1 Å². The highest BCUT2D eigenvalue weighted by Crippen LogP contribution is 2.28. The van der Waals surface area contributed by atoms with Crippen LogP contribution in [0, 0.1) is 11.8 Å². The van der Waals surface area contributed by atoms with Crippen LogP contribution in [0.3, 0.4) is 0 Å². The molecule has 0 aliphatic heterocycles. The zero-order valence-corrected chi connectivity index (χ0v) is 11.4. The first-order valence-corrected chi connectivity index (χ1v) is 7.04. The second-order valence-corrected chi connectivity index (χ2v) is 5.45. The Kier molecular flexibility index (Phi) is 4.39. The van der Waals surface area contributed by atoms with Gasteiger partial charge < -0.3 is 11.1 Å². The molecule has 1 heterocycles. The number of hydrogen-bond donors (Lipinski definition) is 2. The van der Waals surface area contributed by atoms with Crippen LogP contribution < -0.4 is 11.1 Å². The SMILES string of the molecule is CCc1c(N)ncnc1NCC1CCC(C)CC1. The molecule has 4 heteroatoms. The predicted octanol–water partition coefficient (Wildman–Crippen LogP) is 2.86. The zero-order chi connectivity index (χ0) is 13.0. The molecule has 1 saturated carbocycles. The summed E-state index contributed by atoms with van der Waals surface area (Å²) in [5.41, 5.74) is 6.91. The van der Waals surface area contributed by atoms with Gasteiger partial charge in [0.2, 0.25) is 0 Å². The van der Waals surface area contributed by atoms with Crippen LogP contribution in [0.5, 0.6) is 0 Å². The molecule has 0 atom stereocenters. The first kappa shape index (κ1) is 13.1. The number of nitrogens with two attached hydrogens (primary N) is 1. The number of nitrogens with one attached hydrogen (secondary N) is 1. The highest BCUT2D eigenvalue weighted by atomic mass is 15.0. The summed E-state index contributed by atoms with van der Waals surface area (Å²) in [6.45, 7) is 5.45. The fraction of sp³-hybridized carbons (Fsp3) is 0.714. The summed E-state index contributed by atoms with van der Waals surface area (Å²) in [4.78, 5) is 8.35. The quantitative estimate of drug-likeness (QED) is 0.860. The summed E-state index contributed by atoms with van der Waals surface area (Å²) >= 11 is 0. The van der Waals surface area contributed by atoms with Gasteiger partial charge >= 0.3 is 0 Å². The molecule has 0 saturated heterocycles. The van der Waals surface area contributed by atoms with Gasteiger partial charge in [-0.3, -0.25) is 0 Å². The first-order valence-electron chi connectivity index (χ1n) is 7.04. The Labute approximate surface area is 109 Å². The number of nitrogen functional groups attached to an aromatic ring is 1. The number of hydrogen-bond acceptors (Lipinski definition) is 4. The Hall–Kier alpha value is -1.32. The molecule has 0 unspecified atom stereocenters. The molecular weight excluding hydrogens is 224 g/mol. The Morgan fingerprint density at radius 3 is 2.67 bits per heavy atom. The Balaban J connectivity index is 1.92. The molecule has 1 aromatic rings. The lowest BCUT2D eigenvalue weighted by Gasteiger charge is -2.26. The summed E-state index contributed by atoms with van der Waals surface area (Å²) in [6.07, 6.45) is 7.79. The zero-order valence-electron chi connectivity index (χ0n) is 11.4. The fourth-order valence-corrected chi connectivity index (χ4v) is 2.70. The Morgan fingerprint density at radius 1 is 1.28 bits per heavy atom. The van der Waals surface area contributed by atoms with Gasteiger partial charge in [0.05, 0.1) is 0 Å². The first-order chi connectivity index (χ1) is 8.70. The monoisotopic (exact) mass is 248 g/mol. The van der Waals surface area contributed by atoms with Crippen molar-refractivity contribution in [1.29, 1.82) is 0 Å². The molecule has 2 rings (SSSR count). The molecule has 1 aliphatic carbocycles. The second-order valence-electron chi connectivity index (χ2n) is 5.45. The van der Waals surface area contributed by atoms with E-state index in [1.807, 2.05) is 0 Å². The van der Waals surface area contributed by atoms with Crippen molar-refractivity contribution in [2.75, 3.05) is 17.6 Å². The van der Waals surface area contributed by atoms with E-state index in [0.717, 1.165) is 36.2 Å². The molecule has 0 aromatic carbocycles. The smallest absolute Gasteiger partial charge is 0.134 e. The van der Waals surface area contributed by atoms with Crippen molar-refractivity contribution in [3.63, 3.8) is 0 Å². The summed E-state index contributed by atoms with van der Waals surface area (Å²) in [5.74, 6) is 3.21. The molecule has 0 bridgehead atoms. The highest BCUT2D eigenvalue weighted by Gasteiger charge is 2.18. The van der Waals surface area contributed by atoms with Crippen molar-refractivity contribution >= 4 is 11.6 Å². The minimum absolute atomic E-state index is 0.604. The van der Waals surface area contributed by atoms with Gasteiger partial charge in [0.1, 0.15) is 18.0 Å². The van der Waals surface area contributed by atoms with Crippen LogP contribution in [0.4, 0.5) is 11.6 Å². The molecule has 1 fully saturated rings. The van der Waals surface area contributed by atoms with Crippen LogP contribution >= 0.6 is 0 Å². The number of anilines is 2. The van der Waals surface area contributed by atoms with E-state index in [9.17, 15) is 0 Å². The lowest BCUT2D eigenvalue weighted by Crippen LogP contribution is -2.21. The van der Waals surface area contributed by atoms with Crippen LogP contribution in [0.2, 0.25) is 0 Å². The van der Waals surface area contributed by atoms with Gasteiger partial charge in [-0.25, -0.2) is 9.97 Å². The Morgan fingerprint density at radius 2 is 2.00 bits per heavy atom. The maximum absolute atomic E-state index is 5.87. The predicted molar refractivity (Wildman–Crippen MR) is 75.4 cm³/mol. The molecule has 0 radical (unpaired) electrons. The minimum atomic E-state index is 0.604. The molecular formula is C14H24N4. The standard InChI is InChI=1S/C14H24N4/c1-3-12-13(15)17-9-18-14(12)16-8-11-6-4-10(2)5-7-11/h9-11H,3-8H2,1-2H3,(H3,15,16,17,18). The maximum atomic E-state index is 5.87. The lowest BCUT2D eigenvalue weighted by atomic mass is 9.83. The largest absolute Gasteiger partial charge is 0.383 e. The third-order valence-corrected chi connectivity index (χ3v) is 4.03. The number of nitrogens with zero attached hydrogens (tertiary/aromatic N) is 2. The second kappa shape index (κ2) is 6.03. The third-order valence-electron chi connectivity index (χ3n) is 4.03. The van der Waals surface area contributed by atoms with E-state index < -0.39 is 0 Å².